The number of ether oxygens (including phenoxy) is 3. The second-order valence-corrected chi connectivity index (χ2v) is 7.58. The Morgan fingerprint density at radius 1 is 0.788 bits per heavy atom. The van der Waals surface area contributed by atoms with Gasteiger partial charge in [-0.1, -0.05) is 53.9 Å². The third-order valence-corrected chi connectivity index (χ3v) is 3.74. The van der Waals surface area contributed by atoms with Crippen LogP contribution in [0.2, 0.25) is 0 Å². The van der Waals surface area contributed by atoms with Gasteiger partial charge >= 0.3 is 5.97 Å². The number of hydrogen-bond acceptors (Lipinski definition) is 6. The fourth-order valence-corrected chi connectivity index (χ4v) is 1.78. The van der Waals surface area contributed by atoms with Crippen LogP contribution in [0.25, 0.3) is 0 Å². The number of carboxylic acids is 1. The number of amides is 2. The van der Waals surface area contributed by atoms with Crippen molar-refractivity contribution in [1.29, 1.82) is 0 Å². The fraction of sp³-hybridized carbons (Fsp3) is 0.875. The minimum absolute atomic E-state index is 0.227. The molecule has 0 unspecified atom stereocenters. The van der Waals surface area contributed by atoms with Crippen LogP contribution < -0.4 is 11.5 Å². The van der Waals surface area contributed by atoms with Gasteiger partial charge in [0.1, 0.15) is 0 Å². The molecule has 0 atom stereocenters. The molecule has 0 aliphatic carbocycles. The van der Waals surface area contributed by atoms with E-state index in [2.05, 4.69) is 26.5 Å². The standard InChI is InChI=1S/C13H27NO4.C6H12O2.C4H10.CH3NO/c1-2-7-16-9-11-18-12-10-17-8-5-3-4-6-13(14)15;1-5(2)3-4-6(7)8;1-3-4-2;2-1-3/h2-12H2,1H3,(H2,14,15);5H,3-4H2,1-2H3,(H,7,8);3-4H2,1-2H3;1H,(H2,2,3). The number of aliphatic carboxylic acids is 1. The summed E-state index contributed by atoms with van der Waals surface area (Å²) in [4.78, 5) is 29.0. The third-order valence-electron chi connectivity index (χ3n) is 3.74. The predicted molar refractivity (Wildman–Crippen MR) is 133 cm³/mol. The van der Waals surface area contributed by atoms with Crippen molar-refractivity contribution in [3.05, 3.63) is 0 Å². The highest BCUT2D eigenvalue weighted by atomic mass is 16.5. The molecule has 33 heavy (non-hydrogen) atoms. The second kappa shape index (κ2) is 37.6. The summed E-state index contributed by atoms with van der Waals surface area (Å²) in [6, 6.07) is 0. The first kappa shape index (κ1) is 38.5. The normalized spacial score (nSPS) is 9.52. The predicted octanol–water partition coefficient (Wildman–Crippen LogP) is 3.91. The average Bonchev–Trinajstić information content (AvgIpc) is 2.76. The van der Waals surface area contributed by atoms with Crippen LogP contribution in [0.4, 0.5) is 0 Å². The van der Waals surface area contributed by atoms with Crippen molar-refractivity contribution in [1.82, 2.24) is 0 Å². The van der Waals surface area contributed by atoms with Crippen molar-refractivity contribution in [3.8, 4) is 0 Å². The van der Waals surface area contributed by atoms with E-state index in [1.807, 2.05) is 13.8 Å². The van der Waals surface area contributed by atoms with E-state index in [9.17, 15) is 9.59 Å². The molecule has 0 saturated heterocycles. The molecule has 0 heterocycles. The lowest BCUT2D eigenvalue weighted by atomic mass is 10.1. The van der Waals surface area contributed by atoms with E-state index >= 15 is 0 Å². The molecule has 2 amide bonds. The van der Waals surface area contributed by atoms with Crippen LogP contribution in [0.15, 0.2) is 0 Å². The Morgan fingerprint density at radius 3 is 1.58 bits per heavy atom. The Bertz CT molecular complexity index is 393. The number of unbranched alkanes of at least 4 members (excludes halogenated alkanes) is 3. The van der Waals surface area contributed by atoms with Crippen LogP contribution in [-0.2, 0) is 28.6 Å². The second-order valence-electron chi connectivity index (χ2n) is 7.58. The first-order chi connectivity index (χ1) is 15.7. The Balaban J connectivity index is -0.000000230. The molecule has 0 rings (SSSR count). The molecular formula is C24H52N2O7. The number of carbonyl (C=O) groups excluding carboxylic acids is 2. The summed E-state index contributed by atoms with van der Waals surface area (Å²) < 4.78 is 16.0. The maximum Gasteiger partial charge on any atom is 0.303 e. The molecule has 0 fully saturated rings. The van der Waals surface area contributed by atoms with E-state index in [1.54, 1.807) is 0 Å². The Kier molecular flexibility index (Phi) is 43.9. The van der Waals surface area contributed by atoms with Crippen LogP contribution in [0.5, 0.6) is 0 Å². The Morgan fingerprint density at radius 2 is 1.24 bits per heavy atom. The van der Waals surface area contributed by atoms with Crippen LogP contribution >= 0.6 is 0 Å². The lowest BCUT2D eigenvalue weighted by molar-refractivity contribution is -0.137. The van der Waals surface area contributed by atoms with Gasteiger partial charge in [-0.05, 0) is 31.6 Å². The number of primary amides is 2. The summed E-state index contributed by atoms with van der Waals surface area (Å²) in [5.41, 5.74) is 9.20. The zero-order valence-corrected chi connectivity index (χ0v) is 21.8. The molecule has 0 aromatic carbocycles. The monoisotopic (exact) mass is 480 g/mol. The number of carboxylic acid groups (broad SMARTS) is 1. The summed E-state index contributed by atoms with van der Waals surface area (Å²) >= 11 is 0. The summed E-state index contributed by atoms with van der Waals surface area (Å²) in [7, 11) is 0. The van der Waals surface area contributed by atoms with Gasteiger partial charge in [0.25, 0.3) is 0 Å². The number of carbonyl (C=O) groups is 3. The minimum atomic E-state index is -0.696. The first-order valence-electron chi connectivity index (χ1n) is 12.1. The molecule has 200 valence electrons. The van der Waals surface area contributed by atoms with Crippen molar-refractivity contribution in [2.24, 2.45) is 17.4 Å². The lowest BCUT2D eigenvalue weighted by Crippen LogP contribution is -2.11. The summed E-state index contributed by atoms with van der Waals surface area (Å²) in [6.07, 6.45) is 8.29. The summed E-state index contributed by atoms with van der Waals surface area (Å²) in [6.45, 7) is 14.5. The molecule has 0 bridgehead atoms. The van der Waals surface area contributed by atoms with E-state index in [1.165, 1.54) is 12.8 Å². The van der Waals surface area contributed by atoms with E-state index in [-0.39, 0.29) is 12.3 Å². The van der Waals surface area contributed by atoms with Crippen LogP contribution in [-0.4, -0.2) is 63.0 Å². The maximum atomic E-state index is 10.5. The zero-order valence-electron chi connectivity index (χ0n) is 21.8. The zero-order chi connectivity index (χ0) is 26.2. The van der Waals surface area contributed by atoms with E-state index in [0.29, 0.717) is 51.8 Å². The SMILES string of the molecule is CC(C)CCC(=O)O.CCCC.CCCOCCOCCOCCCCCC(N)=O.NC=O. The van der Waals surface area contributed by atoms with Gasteiger partial charge in [0.05, 0.1) is 26.4 Å². The van der Waals surface area contributed by atoms with Gasteiger partial charge in [-0.2, -0.15) is 0 Å². The van der Waals surface area contributed by atoms with Gasteiger partial charge in [0.15, 0.2) is 0 Å². The highest BCUT2D eigenvalue weighted by molar-refractivity contribution is 5.73. The molecule has 0 aliphatic rings. The largest absolute Gasteiger partial charge is 0.481 e. The van der Waals surface area contributed by atoms with E-state index in [0.717, 1.165) is 38.7 Å². The molecule has 9 heteroatoms. The molecule has 0 spiro atoms. The first-order valence-corrected chi connectivity index (χ1v) is 12.1. The molecule has 0 aromatic rings. The molecular weight excluding hydrogens is 428 g/mol. The van der Waals surface area contributed by atoms with Crippen molar-refractivity contribution in [2.45, 2.75) is 92.4 Å². The highest BCUT2D eigenvalue weighted by Gasteiger charge is 1.98. The van der Waals surface area contributed by atoms with Gasteiger partial charge in [0.2, 0.25) is 12.3 Å². The summed E-state index contributed by atoms with van der Waals surface area (Å²) in [5.74, 6) is -0.417. The van der Waals surface area contributed by atoms with E-state index < -0.39 is 5.97 Å². The average molecular weight is 481 g/mol. The third kappa shape index (κ3) is 65.1. The molecule has 0 aliphatic heterocycles. The Hall–Kier alpha value is -1.71. The van der Waals surface area contributed by atoms with Crippen LogP contribution in [0, 0.1) is 5.92 Å². The number of nitrogens with two attached hydrogens (primary N) is 2. The molecule has 9 nitrogen and oxygen atoms in total. The fourth-order valence-electron chi connectivity index (χ4n) is 1.78. The van der Waals surface area contributed by atoms with Crippen molar-refractivity contribution in [3.63, 3.8) is 0 Å². The van der Waals surface area contributed by atoms with Gasteiger partial charge in [-0.25, -0.2) is 0 Å². The molecule has 5 N–H and O–H groups in total. The van der Waals surface area contributed by atoms with Gasteiger partial charge in [0, 0.05) is 26.1 Å². The quantitative estimate of drug-likeness (QED) is 0.199. The lowest BCUT2D eigenvalue weighted by Gasteiger charge is -2.06. The molecule has 0 aromatic heterocycles. The smallest absolute Gasteiger partial charge is 0.303 e. The van der Waals surface area contributed by atoms with Crippen molar-refractivity contribution in [2.75, 3.05) is 39.6 Å². The molecule has 0 radical (unpaired) electrons. The van der Waals surface area contributed by atoms with Crippen molar-refractivity contribution >= 4 is 18.3 Å². The topological polar surface area (TPSA) is 151 Å². The number of hydrogen-bond donors (Lipinski definition) is 3. The van der Waals surface area contributed by atoms with Gasteiger partial charge < -0.3 is 30.8 Å². The van der Waals surface area contributed by atoms with E-state index in [4.69, 9.17) is 29.8 Å². The number of rotatable bonds is 18. The van der Waals surface area contributed by atoms with Crippen LogP contribution in [0.1, 0.15) is 92.4 Å². The minimum Gasteiger partial charge on any atom is -0.481 e. The highest BCUT2D eigenvalue weighted by Crippen LogP contribution is 2.02. The van der Waals surface area contributed by atoms with Gasteiger partial charge in [-0.15, -0.1) is 0 Å². The van der Waals surface area contributed by atoms with Crippen molar-refractivity contribution < 1.29 is 33.7 Å². The summed E-state index contributed by atoms with van der Waals surface area (Å²) in [5, 5.41) is 8.16. The van der Waals surface area contributed by atoms with Gasteiger partial charge in [-0.3, -0.25) is 14.4 Å². The molecule has 0 saturated carbocycles. The maximum absolute atomic E-state index is 10.5. The van der Waals surface area contributed by atoms with Crippen LogP contribution in [0.3, 0.4) is 0 Å². The Labute approximate surface area is 201 Å².